The molecule has 0 aliphatic carbocycles. The zero-order valence-corrected chi connectivity index (χ0v) is 13.2. The van der Waals surface area contributed by atoms with Crippen LogP contribution in [0, 0.1) is 11.5 Å². The highest BCUT2D eigenvalue weighted by Gasteiger charge is 2.23. The molecule has 0 fully saturated rings. The van der Waals surface area contributed by atoms with Gasteiger partial charge in [0.05, 0.1) is 12.9 Å². The Morgan fingerprint density at radius 1 is 1.12 bits per heavy atom. The summed E-state index contributed by atoms with van der Waals surface area (Å²) in [4.78, 5) is 0. The van der Waals surface area contributed by atoms with Gasteiger partial charge in [0, 0.05) is 6.42 Å². The first-order valence-corrected chi connectivity index (χ1v) is 10.7. The molecular formula is C12H24O3SSi. The predicted octanol–water partition coefficient (Wildman–Crippen LogP) is 2.79. The van der Waals surface area contributed by atoms with Gasteiger partial charge < -0.3 is 0 Å². The highest BCUT2D eigenvalue weighted by atomic mass is 32.2. The Hall–Kier alpha value is -0.313. The molecule has 0 atom stereocenters. The van der Waals surface area contributed by atoms with E-state index in [9.17, 15) is 8.42 Å². The summed E-state index contributed by atoms with van der Waals surface area (Å²) in [7, 11) is -4.63. The van der Waals surface area contributed by atoms with Gasteiger partial charge in [0.25, 0.3) is 10.1 Å². The summed E-state index contributed by atoms with van der Waals surface area (Å²) in [6.07, 6.45) is 2.48. The van der Waals surface area contributed by atoms with E-state index in [0.29, 0.717) is 6.42 Å². The average molecular weight is 276 g/mol. The summed E-state index contributed by atoms with van der Waals surface area (Å²) in [5.74, 6) is 3.20. The molecule has 0 radical (unpaired) electrons. The number of rotatable bonds is 7. The van der Waals surface area contributed by atoms with Crippen molar-refractivity contribution in [1.29, 1.82) is 0 Å². The second-order valence-electron chi connectivity index (χ2n) is 4.27. The molecule has 0 saturated heterocycles. The lowest BCUT2D eigenvalue weighted by Crippen LogP contribution is -2.29. The van der Waals surface area contributed by atoms with Gasteiger partial charge in [-0.2, -0.15) is 8.42 Å². The fraction of sp³-hybridized carbons (Fsp3) is 0.833. The zero-order chi connectivity index (χ0) is 13.4. The Labute approximate surface area is 107 Å². The van der Waals surface area contributed by atoms with Crippen molar-refractivity contribution in [3.05, 3.63) is 0 Å². The third kappa shape index (κ3) is 7.58. The van der Waals surface area contributed by atoms with E-state index in [0.717, 1.165) is 12.7 Å². The van der Waals surface area contributed by atoms with Crippen LogP contribution >= 0.6 is 0 Å². The molecule has 0 amide bonds. The molecule has 17 heavy (non-hydrogen) atoms. The SMILES string of the molecule is CC[Si](C#CCCCOS(C)(=O)=O)(CC)CC. The molecule has 0 aliphatic heterocycles. The normalized spacial score (nSPS) is 12.0. The Morgan fingerprint density at radius 3 is 2.06 bits per heavy atom. The van der Waals surface area contributed by atoms with Crippen LogP contribution in [0.3, 0.4) is 0 Å². The standard InChI is InChI=1S/C12H24O3SSi/c1-5-17(6-2,7-3)12-10-8-9-11-15-16(4,13)14/h5-9,11H2,1-4H3. The van der Waals surface area contributed by atoms with Crippen molar-refractivity contribution in [2.75, 3.05) is 12.9 Å². The van der Waals surface area contributed by atoms with E-state index in [2.05, 4.69) is 36.4 Å². The van der Waals surface area contributed by atoms with E-state index in [1.165, 1.54) is 18.1 Å². The molecule has 5 heteroatoms. The minimum Gasteiger partial charge on any atom is -0.270 e. The third-order valence-electron chi connectivity index (χ3n) is 3.13. The molecule has 0 rings (SSSR count). The van der Waals surface area contributed by atoms with Gasteiger partial charge in [-0.15, -0.1) is 11.5 Å². The van der Waals surface area contributed by atoms with E-state index in [1.54, 1.807) is 0 Å². The van der Waals surface area contributed by atoms with Crippen LogP contribution in [0.15, 0.2) is 0 Å². The van der Waals surface area contributed by atoms with Gasteiger partial charge in [0.1, 0.15) is 8.07 Å². The molecule has 0 N–H and O–H groups in total. The first-order chi connectivity index (χ1) is 7.89. The van der Waals surface area contributed by atoms with Crippen LogP contribution in [0.25, 0.3) is 0 Å². The zero-order valence-electron chi connectivity index (χ0n) is 11.4. The summed E-state index contributed by atoms with van der Waals surface area (Å²) in [6.45, 7) is 6.91. The fourth-order valence-electron chi connectivity index (χ4n) is 1.64. The predicted molar refractivity (Wildman–Crippen MR) is 75.0 cm³/mol. The van der Waals surface area contributed by atoms with Gasteiger partial charge in [-0.1, -0.05) is 20.8 Å². The van der Waals surface area contributed by atoms with Crippen LogP contribution in [0.5, 0.6) is 0 Å². The van der Waals surface area contributed by atoms with Crippen molar-refractivity contribution in [2.45, 2.75) is 51.7 Å². The molecule has 0 unspecified atom stereocenters. The van der Waals surface area contributed by atoms with Crippen molar-refractivity contribution in [1.82, 2.24) is 0 Å². The monoisotopic (exact) mass is 276 g/mol. The smallest absolute Gasteiger partial charge is 0.264 e. The van der Waals surface area contributed by atoms with E-state index >= 15 is 0 Å². The number of hydrogen-bond donors (Lipinski definition) is 0. The van der Waals surface area contributed by atoms with Gasteiger partial charge in [0.15, 0.2) is 0 Å². The van der Waals surface area contributed by atoms with Crippen LogP contribution in [0.1, 0.15) is 33.6 Å². The first-order valence-electron chi connectivity index (χ1n) is 6.23. The van der Waals surface area contributed by atoms with Crippen molar-refractivity contribution in [2.24, 2.45) is 0 Å². The molecule has 0 aromatic carbocycles. The van der Waals surface area contributed by atoms with Crippen molar-refractivity contribution >= 4 is 18.2 Å². The van der Waals surface area contributed by atoms with Gasteiger partial charge >= 0.3 is 0 Å². The number of hydrogen-bond acceptors (Lipinski definition) is 3. The Kier molecular flexibility index (Phi) is 7.76. The fourth-order valence-corrected chi connectivity index (χ4v) is 4.59. The Balaban J connectivity index is 4.03. The molecule has 0 saturated carbocycles. The van der Waals surface area contributed by atoms with Crippen LogP contribution < -0.4 is 0 Å². The van der Waals surface area contributed by atoms with E-state index in [-0.39, 0.29) is 6.61 Å². The lowest BCUT2D eigenvalue weighted by atomic mass is 10.3. The van der Waals surface area contributed by atoms with Gasteiger partial charge in [-0.25, -0.2) is 0 Å². The summed E-state index contributed by atoms with van der Waals surface area (Å²) >= 11 is 0. The molecule has 0 spiro atoms. The van der Waals surface area contributed by atoms with Crippen molar-refractivity contribution in [3.8, 4) is 11.5 Å². The van der Waals surface area contributed by atoms with Gasteiger partial charge in [0.2, 0.25) is 0 Å². The molecule has 100 valence electrons. The molecular weight excluding hydrogens is 252 g/mol. The Morgan fingerprint density at radius 2 is 1.65 bits per heavy atom. The summed E-state index contributed by atoms with van der Waals surface area (Å²) in [5, 5.41) is 0. The molecule has 0 aromatic heterocycles. The second-order valence-corrected chi connectivity index (χ2v) is 10.8. The van der Waals surface area contributed by atoms with Crippen LogP contribution in [-0.4, -0.2) is 29.4 Å². The third-order valence-corrected chi connectivity index (χ3v) is 8.49. The molecule has 3 nitrogen and oxygen atoms in total. The molecule has 0 bridgehead atoms. The van der Waals surface area contributed by atoms with Gasteiger partial charge in [-0.3, -0.25) is 4.18 Å². The lowest BCUT2D eigenvalue weighted by molar-refractivity contribution is 0.317. The quantitative estimate of drug-likeness (QED) is 0.311. The van der Waals surface area contributed by atoms with Gasteiger partial charge in [-0.05, 0) is 24.6 Å². The molecule has 0 heterocycles. The van der Waals surface area contributed by atoms with Crippen molar-refractivity contribution < 1.29 is 12.6 Å². The minimum absolute atomic E-state index is 0.243. The second kappa shape index (κ2) is 7.91. The van der Waals surface area contributed by atoms with E-state index in [1.807, 2.05) is 0 Å². The summed E-state index contributed by atoms with van der Waals surface area (Å²) in [5.41, 5.74) is 3.46. The van der Waals surface area contributed by atoms with Crippen LogP contribution in [-0.2, 0) is 14.3 Å². The molecule has 0 aliphatic rings. The lowest BCUT2D eigenvalue weighted by Gasteiger charge is -2.20. The number of unbranched alkanes of at least 4 members (excludes halogenated alkanes) is 1. The topological polar surface area (TPSA) is 43.4 Å². The highest BCUT2D eigenvalue weighted by molar-refractivity contribution is 7.85. The maximum absolute atomic E-state index is 10.7. The largest absolute Gasteiger partial charge is 0.270 e. The van der Waals surface area contributed by atoms with Crippen LogP contribution in [0.2, 0.25) is 18.1 Å². The van der Waals surface area contributed by atoms with E-state index in [4.69, 9.17) is 0 Å². The minimum atomic E-state index is -3.29. The Bertz CT molecular complexity index is 353. The summed E-state index contributed by atoms with van der Waals surface area (Å²) in [6, 6.07) is 3.60. The maximum Gasteiger partial charge on any atom is 0.264 e. The van der Waals surface area contributed by atoms with E-state index < -0.39 is 18.2 Å². The average Bonchev–Trinajstić information content (AvgIpc) is 2.28. The maximum atomic E-state index is 10.7. The van der Waals surface area contributed by atoms with Crippen LogP contribution in [0.4, 0.5) is 0 Å². The highest BCUT2D eigenvalue weighted by Crippen LogP contribution is 2.18. The molecule has 0 aromatic rings. The van der Waals surface area contributed by atoms with Crippen molar-refractivity contribution in [3.63, 3.8) is 0 Å². The first kappa shape index (κ1) is 16.7. The summed E-state index contributed by atoms with van der Waals surface area (Å²) < 4.78 is 26.1.